The maximum Gasteiger partial charge on any atom is 0.337 e. The van der Waals surface area contributed by atoms with Gasteiger partial charge < -0.3 is 20.9 Å². The van der Waals surface area contributed by atoms with Gasteiger partial charge in [0.05, 0.1) is 11.2 Å². The molecule has 0 fully saturated rings. The lowest BCUT2D eigenvalue weighted by molar-refractivity contribution is 0.000660. The largest absolute Gasteiger partial charge is 0.478 e. The van der Waals surface area contributed by atoms with Gasteiger partial charge in [-0.1, -0.05) is 0 Å². The van der Waals surface area contributed by atoms with Gasteiger partial charge in [-0.05, 0) is 39.0 Å². The summed E-state index contributed by atoms with van der Waals surface area (Å²) in [4.78, 5) is 11.1. The molecule has 5 nitrogen and oxygen atoms in total. The first-order valence-corrected chi connectivity index (χ1v) is 5.86. The van der Waals surface area contributed by atoms with E-state index in [0.29, 0.717) is 24.5 Å². The number of carbonyl (C=O) groups is 1. The fourth-order valence-electron chi connectivity index (χ4n) is 1.64. The van der Waals surface area contributed by atoms with Crippen molar-refractivity contribution >= 4 is 17.3 Å². The number of benzene rings is 1. The zero-order valence-corrected chi connectivity index (χ0v) is 11.0. The summed E-state index contributed by atoms with van der Waals surface area (Å²) >= 11 is 0. The molecule has 0 aliphatic heterocycles. The molecule has 1 aromatic carbocycles. The molecule has 1 rings (SSSR count). The molecule has 0 unspecified atom stereocenters. The second-order valence-corrected chi connectivity index (χ2v) is 4.66. The minimum Gasteiger partial charge on any atom is -0.478 e. The number of nitrogens with one attached hydrogen (secondary N) is 1. The lowest BCUT2D eigenvalue weighted by atomic mass is 10.1. The van der Waals surface area contributed by atoms with Crippen molar-refractivity contribution in [1.29, 1.82) is 0 Å². The van der Waals surface area contributed by atoms with Crippen LogP contribution in [0.3, 0.4) is 0 Å². The fraction of sp³-hybridized carbons (Fsp3) is 0.462. The monoisotopic (exact) mass is 252 g/mol. The highest BCUT2D eigenvalue weighted by Gasteiger charge is 2.18. The van der Waals surface area contributed by atoms with Crippen molar-refractivity contribution in [2.45, 2.75) is 26.4 Å². The van der Waals surface area contributed by atoms with Crippen LogP contribution in [0.15, 0.2) is 18.2 Å². The summed E-state index contributed by atoms with van der Waals surface area (Å²) in [5.41, 5.74) is 6.37. The summed E-state index contributed by atoms with van der Waals surface area (Å²) < 4.78 is 5.54. The molecule has 0 aliphatic rings. The number of anilines is 2. The third-order valence-corrected chi connectivity index (χ3v) is 2.51. The Balaban J connectivity index is 2.82. The topological polar surface area (TPSA) is 84.6 Å². The van der Waals surface area contributed by atoms with Crippen molar-refractivity contribution in [1.82, 2.24) is 0 Å². The maximum absolute atomic E-state index is 11.1. The molecule has 18 heavy (non-hydrogen) atoms. The number of ether oxygens (including phenoxy) is 1. The predicted octanol–water partition coefficient (Wildman–Crippen LogP) is 2.19. The average Bonchev–Trinajstić information content (AvgIpc) is 2.27. The summed E-state index contributed by atoms with van der Waals surface area (Å²) in [7, 11) is 0. The number of hydrogen-bond donors (Lipinski definition) is 3. The highest BCUT2D eigenvalue weighted by molar-refractivity contribution is 5.95. The first-order valence-electron chi connectivity index (χ1n) is 5.86. The maximum atomic E-state index is 11.1. The molecule has 100 valence electrons. The fourth-order valence-corrected chi connectivity index (χ4v) is 1.64. The molecule has 5 heteroatoms. The van der Waals surface area contributed by atoms with Crippen LogP contribution in [0.4, 0.5) is 11.4 Å². The van der Waals surface area contributed by atoms with E-state index >= 15 is 0 Å². The SMILES string of the molecule is CCOC(C)(C)CNc1ccc(N)cc1C(=O)O. The zero-order chi connectivity index (χ0) is 13.8. The Bertz CT molecular complexity index is 430. The van der Waals surface area contributed by atoms with E-state index in [4.69, 9.17) is 15.6 Å². The van der Waals surface area contributed by atoms with E-state index in [1.807, 2.05) is 20.8 Å². The van der Waals surface area contributed by atoms with Crippen molar-refractivity contribution < 1.29 is 14.6 Å². The second kappa shape index (κ2) is 5.73. The van der Waals surface area contributed by atoms with Gasteiger partial charge >= 0.3 is 5.97 Å². The molecule has 0 atom stereocenters. The average molecular weight is 252 g/mol. The first kappa shape index (κ1) is 14.3. The predicted molar refractivity (Wildman–Crippen MR) is 72.0 cm³/mol. The van der Waals surface area contributed by atoms with E-state index in [-0.39, 0.29) is 11.2 Å². The van der Waals surface area contributed by atoms with Gasteiger partial charge in [-0.15, -0.1) is 0 Å². The Morgan fingerprint density at radius 2 is 2.17 bits per heavy atom. The molecule has 0 heterocycles. The zero-order valence-electron chi connectivity index (χ0n) is 11.0. The summed E-state index contributed by atoms with van der Waals surface area (Å²) in [5, 5.41) is 12.2. The Morgan fingerprint density at radius 3 is 2.72 bits per heavy atom. The Labute approximate surface area is 107 Å². The van der Waals surface area contributed by atoms with Crippen LogP contribution in [0.1, 0.15) is 31.1 Å². The second-order valence-electron chi connectivity index (χ2n) is 4.66. The first-order chi connectivity index (χ1) is 8.35. The van der Waals surface area contributed by atoms with Crippen LogP contribution in [-0.4, -0.2) is 29.8 Å². The molecule has 0 aromatic heterocycles. The molecule has 1 aromatic rings. The van der Waals surface area contributed by atoms with Gasteiger partial charge in [0.1, 0.15) is 0 Å². The molecule has 0 spiro atoms. The Hall–Kier alpha value is -1.75. The number of carboxylic acid groups (broad SMARTS) is 1. The van der Waals surface area contributed by atoms with Crippen LogP contribution in [0, 0.1) is 0 Å². The van der Waals surface area contributed by atoms with Crippen molar-refractivity contribution in [2.75, 3.05) is 24.2 Å². The standard InChI is InChI=1S/C13H20N2O3/c1-4-18-13(2,3)8-15-11-6-5-9(14)7-10(11)12(16)17/h5-7,15H,4,8,14H2,1-3H3,(H,16,17). The number of rotatable bonds is 6. The summed E-state index contributed by atoms with van der Waals surface area (Å²) in [6.45, 7) is 6.95. The van der Waals surface area contributed by atoms with Crippen molar-refractivity contribution in [3.05, 3.63) is 23.8 Å². The number of hydrogen-bond acceptors (Lipinski definition) is 4. The lowest BCUT2D eigenvalue weighted by Gasteiger charge is -2.26. The lowest BCUT2D eigenvalue weighted by Crippen LogP contribution is -2.33. The molecule has 0 aliphatic carbocycles. The van der Waals surface area contributed by atoms with Crippen LogP contribution in [-0.2, 0) is 4.74 Å². The van der Waals surface area contributed by atoms with E-state index in [0.717, 1.165) is 0 Å². The van der Waals surface area contributed by atoms with Crippen LogP contribution >= 0.6 is 0 Å². The van der Waals surface area contributed by atoms with E-state index in [2.05, 4.69) is 5.32 Å². The quantitative estimate of drug-likeness (QED) is 0.676. The summed E-state index contributed by atoms with van der Waals surface area (Å²) in [6, 6.07) is 4.78. The van der Waals surface area contributed by atoms with Crippen LogP contribution in [0.2, 0.25) is 0 Å². The molecule has 0 bridgehead atoms. The molecule has 0 radical (unpaired) electrons. The minimum atomic E-state index is -1.00. The molecule has 0 saturated heterocycles. The van der Waals surface area contributed by atoms with Crippen LogP contribution in [0.25, 0.3) is 0 Å². The minimum absolute atomic E-state index is 0.169. The smallest absolute Gasteiger partial charge is 0.337 e. The van der Waals surface area contributed by atoms with Crippen molar-refractivity contribution in [3.8, 4) is 0 Å². The number of carboxylic acids is 1. The number of aromatic carboxylic acids is 1. The van der Waals surface area contributed by atoms with Crippen LogP contribution < -0.4 is 11.1 Å². The van der Waals surface area contributed by atoms with Gasteiger partial charge in [0.2, 0.25) is 0 Å². The van der Waals surface area contributed by atoms with E-state index in [9.17, 15) is 4.79 Å². The highest BCUT2D eigenvalue weighted by atomic mass is 16.5. The van der Waals surface area contributed by atoms with Gasteiger partial charge in [-0.2, -0.15) is 0 Å². The molecule has 4 N–H and O–H groups in total. The summed E-state index contributed by atoms with van der Waals surface area (Å²) in [6.07, 6.45) is 0. The third-order valence-electron chi connectivity index (χ3n) is 2.51. The van der Waals surface area contributed by atoms with Gasteiger partial charge in [-0.25, -0.2) is 4.79 Å². The molecule has 0 saturated carbocycles. The van der Waals surface area contributed by atoms with Gasteiger partial charge in [0, 0.05) is 24.5 Å². The third kappa shape index (κ3) is 3.92. The molecular weight excluding hydrogens is 232 g/mol. The van der Waals surface area contributed by atoms with E-state index in [1.165, 1.54) is 6.07 Å². The van der Waals surface area contributed by atoms with Gasteiger partial charge in [-0.3, -0.25) is 0 Å². The highest BCUT2D eigenvalue weighted by Crippen LogP contribution is 2.20. The van der Waals surface area contributed by atoms with Gasteiger partial charge in [0.25, 0.3) is 0 Å². The van der Waals surface area contributed by atoms with E-state index in [1.54, 1.807) is 12.1 Å². The summed E-state index contributed by atoms with van der Waals surface area (Å²) in [5.74, 6) is -1.00. The molecular formula is C13H20N2O3. The van der Waals surface area contributed by atoms with E-state index < -0.39 is 5.97 Å². The number of nitrogen functional groups attached to an aromatic ring is 1. The Kier molecular flexibility index (Phi) is 4.55. The number of nitrogens with two attached hydrogens (primary N) is 1. The van der Waals surface area contributed by atoms with Gasteiger partial charge in [0.15, 0.2) is 0 Å². The Morgan fingerprint density at radius 1 is 1.50 bits per heavy atom. The van der Waals surface area contributed by atoms with Crippen molar-refractivity contribution in [2.24, 2.45) is 0 Å². The molecule has 0 amide bonds. The van der Waals surface area contributed by atoms with Crippen LogP contribution in [0.5, 0.6) is 0 Å². The normalized spacial score (nSPS) is 11.3. The van der Waals surface area contributed by atoms with Crippen molar-refractivity contribution in [3.63, 3.8) is 0 Å².